The number of benzene rings is 6. The molecular weight excluding hydrogens is 639 g/mol. The van der Waals surface area contributed by atoms with Crippen molar-refractivity contribution < 1.29 is 0 Å². The highest BCUT2D eigenvalue weighted by atomic mass is 15.1. The molecule has 0 heterocycles. The number of nitrogens with zero attached hydrogens (tertiary/aromatic N) is 1. The molecule has 0 saturated heterocycles. The van der Waals surface area contributed by atoms with Gasteiger partial charge in [-0.2, -0.15) is 0 Å². The van der Waals surface area contributed by atoms with E-state index in [-0.39, 0.29) is 10.8 Å². The first-order chi connectivity index (χ1) is 26.2. The van der Waals surface area contributed by atoms with Crippen LogP contribution in [0.1, 0.15) is 93.4 Å². The molecule has 0 radical (unpaired) electrons. The molecule has 1 nitrogen and oxygen atoms in total. The second-order valence-electron chi connectivity index (χ2n) is 17.0. The lowest BCUT2D eigenvalue weighted by Crippen LogP contribution is -2.49. The van der Waals surface area contributed by atoms with Crippen molar-refractivity contribution in [3.63, 3.8) is 0 Å². The van der Waals surface area contributed by atoms with Gasteiger partial charge in [-0.05, 0) is 137 Å². The molecule has 3 fully saturated rings. The maximum atomic E-state index is 2.67. The lowest BCUT2D eigenvalue weighted by Gasteiger charge is -2.55. The van der Waals surface area contributed by atoms with Crippen molar-refractivity contribution in [2.45, 2.75) is 82.0 Å². The largest absolute Gasteiger partial charge is 0.310 e. The van der Waals surface area contributed by atoms with E-state index >= 15 is 0 Å². The molecule has 262 valence electrons. The Balaban J connectivity index is 1.14. The summed E-state index contributed by atoms with van der Waals surface area (Å²) in [5.74, 6) is 2.25. The fourth-order valence-corrected chi connectivity index (χ4v) is 12.6. The normalized spacial score (nSPS) is 24.1. The summed E-state index contributed by atoms with van der Waals surface area (Å²) in [4.78, 5) is 2.63. The van der Waals surface area contributed by atoms with Gasteiger partial charge >= 0.3 is 0 Å². The predicted octanol–water partition coefficient (Wildman–Crippen LogP) is 14.2. The van der Waals surface area contributed by atoms with Crippen molar-refractivity contribution in [2.24, 2.45) is 17.8 Å². The first kappa shape index (κ1) is 31.6. The summed E-state index contributed by atoms with van der Waals surface area (Å²) in [5.41, 5.74) is 18.7. The Bertz CT molecular complexity index is 2330. The summed E-state index contributed by atoms with van der Waals surface area (Å²) >= 11 is 0. The van der Waals surface area contributed by atoms with Crippen LogP contribution in [0.5, 0.6) is 0 Å². The Morgan fingerprint density at radius 3 is 1.91 bits per heavy atom. The number of anilines is 3. The Morgan fingerprint density at radius 1 is 0.528 bits per heavy atom. The third kappa shape index (κ3) is 4.43. The molecule has 1 heteroatoms. The number of rotatable bonds is 5. The van der Waals surface area contributed by atoms with Crippen molar-refractivity contribution in [3.05, 3.63) is 162 Å². The topological polar surface area (TPSA) is 3.24 Å². The van der Waals surface area contributed by atoms with E-state index in [0.29, 0.717) is 11.8 Å². The molecule has 6 aromatic rings. The van der Waals surface area contributed by atoms with Crippen molar-refractivity contribution >= 4 is 17.1 Å². The van der Waals surface area contributed by atoms with E-state index in [4.69, 9.17) is 0 Å². The average Bonchev–Trinajstić information content (AvgIpc) is 3.89. The van der Waals surface area contributed by atoms with Gasteiger partial charge in [0, 0.05) is 27.8 Å². The Kier molecular flexibility index (Phi) is 7.20. The third-order valence-corrected chi connectivity index (χ3v) is 14.8. The molecule has 6 aromatic carbocycles. The highest BCUT2D eigenvalue weighted by molar-refractivity contribution is 5.96. The summed E-state index contributed by atoms with van der Waals surface area (Å²) in [7, 11) is 0. The van der Waals surface area contributed by atoms with Crippen LogP contribution < -0.4 is 4.90 Å². The maximum Gasteiger partial charge on any atom is 0.0543 e. The van der Waals surface area contributed by atoms with Gasteiger partial charge in [-0.3, -0.25) is 0 Å². The summed E-state index contributed by atoms with van der Waals surface area (Å²) < 4.78 is 0. The van der Waals surface area contributed by atoms with Gasteiger partial charge in [0.05, 0.1) is 5.69 Å². The number of fused-ring (bicyclic) bond motifs is 8. The van der Waals surface area contributed by atoms with Gasteiger partial charge in [-0.15, -0.1) is 0 Å². The predicted molar refractivity (Wildman–Crippen MR) is 221 cm³/mol. The molecule has 2 bridgehead atoms. The first-order valence-corrected chi connectivity index (χ1v) is 20.6. The summed E-state index contributed by atoms with van der Waals surface area (Å²) in [6.07, 6.45) is 13.2. The lowest BCUT2D eigenvalue weighted by molar-refractivity contribution is 0.0492. The fourth-order valence-electron chi connectivity index (χ4n) is 12.6. The zero-order valence-corrected chi connectivity index (χ0v) is 31.0. The molecule has 2 spiro atoms. The van der Waals surface area contributed by atoms with E-state index in [2.05, 4.69) is 151 Å². The Labute approximate surface area is 315 Å². The molecular formula is C52H49N. The molecule has 53 heavy (non-hydrogen) atoms. The molecule has 5 aliphatic rings. The first-order valence-electron chi connectivity index (χ1n) is 20.6. The van der Waals surface area contributed by atoms with Crippen molar-refractivity contribution in [2.75, 3.05) is 4.90 Å². The van der Waals surface area contributed by atoms with E-state index < -0.39 is 0 Å². The maximum absolute atomic E-state index is 2.67. The Morgan fingerprint density at radius 2 is 1.15 bits per heavy atom. The molecule has 0 aliphatic heterocycles. The van der Waals surface area contributed by atoms with Gasteiger partial charge < -0.3 is 4.90 Å². The molecule has 5 aliphatic carbocycles. The summed E-state index contributed by atoms with van der Waals surface area (Å²) in [5, 5.41) is 0. The minimum Gasteiger partial charge on any atom is -0.310 e. The third-order valence-electron chi connectivity index (χ3n) is 14.8. The molecule has 3 saturated carbocycles. The molecule has 0 N–H and O–H groups in total. The lowest BCUT2D eigenvalue weighted by atomic mass is 9.49. The number of hydrogen-bond donors (Lipinski definition) is 0. The molecule has 0 aromatic heterocycles. The fraction of sp³-hybridized carbons (Fsp3) is 0.308. The van der Waals surface area contributed by atoms with Gasteiger partial charge in [0.25, 0.3) is 0 Å². The van der Waals surface area contributed by atoms with Crippen LogP contribution in [0.25, 0.3) is 33.4 Å². The minimum absolute atomic E-state index is 0.105. The second-order valence-corrected chi connectivity index (χ2v) is 17.0. The van der Waals surface area contributed by atoms with Crippen LogP contribution in [0.3, 0.4) is 0 Å². The average molecular weight is 688 g/mol. The zero-order chi connectivity index (χ0) is 35.1. The van der Waals surface area contributed by atoms with Crippen molar-refractivity contribution in [1.29, 1.82) is 0 Å². The molecule has 2 unspecified atom stereocenters. The van der Waals surface area contributed by atoms with Gasteiger partial charge in [-0.1, -0.05) is 142 Å². The van der Waals surface area contributed by atoms with Crippen molar-refractivity contribution in [1.82, 2.24) is 0 Å². The highest BCUT2D eigenvalue weighted by Gasteiger charge is 2.57. The van der Waals surface area contributed by atoms with E-state index in [1.165, 1.54) is 120 Å². The van der Waals surface area contributed by atoms with Crippen LogP contribution in [-0.2, 0) is 10.8 Å². The summed E-state index contributed by atoms with van der Waals surface area (Å²) in [6.45, 7) is 2.43. The van der Waals surface area contributed by atoms with E-state index in [9.17, 15) is 0 Å². The van der Waals surface area contributed by atoms with Crippen molar-refractivity contribution in [3.8, 4) is 33.4 Å². The van der Waals surface area contributed by atoms with Crippen LogP contribution >= 0.6 is 0 Å². The van der Waals surface area contributed by atoms with Gasteiger partial charge in [0.1, 0.15) is 0 Å². The van der Waals surface area contributed by atoms with Crippen LogP contribution in [-0.4, -0.2) is 0 Å². The van der Waals surface area contributed by atoms with Gasteiger partial charge in [-0.25, -0.2) is 0 Å². The van der Waals surface area contributed by atoms with Gasteiger partial charge in [0.15, 0.2) is 0 Å². The smallest absolute Gasteiger partial charge is 0.0543 e. The Hall–Kier alpha value is -4.88. The second kappa shape index (κ2) is 12.1. The van der Waals surface area contributed by atoms with Crippen LogP contribution in [0.2, 0.25) is 0 Å². The standard InChI is InChI=1S/C52H49N/c1-2-35-32-38-16-12-17-39(33-35)52(38)46-21-9-6-18-42(46)43-29-28-41(34-48(43)52)53(40-26-24-37(25-27-40)36-14-4-3-5-15-36)49-23-13-22-47-50(49)44-19-7-8-20-45(44)51(47)30-10-11-31-51/h3-9,13-15,18-29,34-35,38-39H,2,10-12,16-17,30-33H2,1H3. The number of hydrogen-bond acceptors (Lipinski definition) is 1. The quantitative estimate of drug-likeness (QED) is 0.174. The van der Waals surface area contributed by atoms with E-state index in [1.54, 1.807) is 16.7 Å². The monoisotopic (exact) mass is 687 g/mol. The SMILES string of the molecule is CCC1CC2CCCC(C1)C21c2ccccc2-c2ccc(N(c3ccc(-c4ccccc4)cc3)c3cccc4c3-c3ccccc3C43CCCC3)cc21. The molecule has 11 rings (SSSR count). The highest BCUT2D eigenvalue weighted by Crippen LogP contribution is 2.66. The van der Waals surface area contributed by atoms with Crippen LogP contribution in [0.15, 0.2) is 140 Å². The van der Waals surface area contributed by atoms with E-state index in [0.717, 1.165) is 5.92 Å². The molecule has 2 atom stereocenters. The van der Waals surface area contributed by atoms with Gasteiger partial charge in [0.2, 0.25) is 0 Å². The van der Waals surface area contributed by atoms with Crippen LogP contribution in [0, 0.1) is 17.8 Å². The van der Waals surface area contributed by atoms with Crippen LogP contribution in [0.4, 0.5) is 17.1 Å². The zero-order valence-electron chi connectivity index (χ0n) is 31.0. The van der Waals surface area contributed by atoms with E-state index in [1.807, 2.05) is 0 Å². The summed E-state index contributed by atoms with van der Waals surface area (Å²) in [6, 6.07) is 53.9. The molecule has 0 amide bonds. The minimum atomic E-state index is 0.105.